The number of thiocarbonyl (C=S) groups is 1. The summed E-state index contributed by atoms with van der Waals surface area (Å²) in [6.07, 6.45) is -4.97. The molecule has 484 valence electrons. The Labute approximate surface area is 535 Å². The average molecular weight is 1310 g/mol. The predicted octanol–water partition coefficient (Wildman–Crippen LogP) is 5.35. The number of nitrogens with zero attached hydrogens (tertiary/aromatic N) is 5. The minimum absolute atomic E-state index is 0.0168. The molecule has 2 aliphatic heterocycles. The van der Waals surface area contributed by atoms with Crippen LogP contribution in [0.3, 0.4) is 0 Å². The van der Waals surface area contributed by atoms with Crippen LogP contribution in [0.15, 0.2) is 78.9 Å². The van der Waals surface area contributed by atoms with Gasteiger partial charge >= 0.3 is 17.9 Å². The number of amides is 3. The molecule has 1 aromatic heterocycles. The van der Waals surface area contributed by atoms with Gasteiger partial charge in [0.1, 0.15) is 49.9 Å². The Morgan fingerprint density at radius 1 is 0.775 bits per heavy atom. The number of esters is 3. The normalized spacial score (nSPS) is 18.2. The number of hydrogen-bond acceptors (Lipinski definition) is 24. The van der Waals surface area contributed by atoms with Crippen LogP contribution in [-0.4, -0.2) is 196 Å². The van der Waals surface area contributed by atoms with Crippen LogP contribution < -0.4 is 15.5 Å². The van der Waals surface area contributed by atoms with Gasteiger partial charge in [-0.15, -0.1) is 5.10 Å². The smallest absolute Gasteiger partial charge is 0.305 e. The van der Waals surface area contributed by atoms with Crippen LogP contribution in [0, 0.1) is 16.7 Å². The molecule has 4 aromatic rings. The van der Waals surface area contributed by atoms with E-state index in [2.05, 4.69) is 27.0 Å². The highest BCUT2D eigenvalue weighted by atomic mass is 33.1. The molecule has 0 spiro atoms. The summed E-state index contributed by atoms with van der Waals surface area (Å²) in [5.41, 5.74) is 4.13. The standard InChI is InChI=1S/C61H79N7O17S4/c1-41(70)64-53-56(76)55(75)48(38-69)85-57(53)84-25-23-63-59(77)61(4,89-58(86)43-13-6-5-7-14-43)39-60(3,40-62)22-21-51(74)82-32-31-80-30-29-79-28-27-78-26-24-68-54-45-16-9-8-15-44(45)37-67(47-18-11-10-17-46(47)52(54)65-66-68)49(72)19-12-20-50(73)83-34-36-88-87-35-33-81-42(2)71/h5-11,13-18,48,53,55-57,69,75-76H,12,19-39H2,1-4H3,(H,63,77)(H,64,70). The Balaban J connectivity index is 0.888. The van der Waals surface area contributed by atoms with Gasteiger partial charge in [0.25, 0.3) is 0 Å². The molecule has 2 aliphatic rings. The first-order valence-electron chi connectivity index (χ1n) is 29.2. The summed E-state index contributed by atoms with van der Waals surface area (Å²) in [5.74, 6) is -1.14. The number of fused-ring (bicyclic) bond motifs is 5. The van der Waals surface area contributed by atoms with Crippen LogP contribution in [0.5, 0.6) is 0 Å². The van der Waals surface area contributed by atoms with Crippen molar-refractivity contribution >= 4 is 91.1 Å². The van der Waals surface area contributed by atoms with E-state index in [1.54, 1.807) is 23.4 Å². The molecule has 5 N–H and O–H groups in total. The van der Waals surface area contributed by atoms with E-state index in [1.165, 1.54) is 35.4 Å². The Bertz CT molecular complexity index is 3010. The van der Waals surface area contributed by atoms with Gasteiger partial charge in [-0.3, -0.25) is 28.8 Å². The summed E-state index contributed by atoms with van der Waals surface area (Å²) in [7, 11) is 3.06. The van der Waals surface area contributed by atoms with Gasteiger partial charge in [-0.2, -0.15) is 5.26 Å². The van der Waals surface area contributed by atoms with Crippen LogP contribution in [0.1, 0.15) is 77.3 Å². The first kappa shape index (κ1) is 72.0. The molecule has 0 aliphatic carbocycles. The van der Waals surface area contributed by atoms with Crippen molar-refractivity contribution in [2.24, 2.45) is 5.41 Å². The highest BCUT2D eigenvalue weighted by molar-refractivity contribution is 8.76. The molecule has 0 saturated carbocycles. The highest BCUT2D eigenvalue weighted by Crippen LogP contribution is 2.43. The van der Waals surface area contributed by atoms with Crippen molar-refractivity contribution in [2.45, 2.75) is 115 Å². The van der Waals surface area contributed by atoms with Gasteiger partial charge in [0.15, 0.2) is 6.29 Å². The molecule has 3 aromatic carbocycles. The zero-order chi connectivity index (χ0) is 64.2. The lowest BCUT2D eigenvalue weighted by molar-refractivity contribution is -0.269. The number of thioether (sulfide) groups is 1. The van der Waals surface area contributed by atoms with Crippen LogP contribution in [0.2, 0.25) is 0 Å². The van der Waals surface area contributed by atoms with Gasteiger partial charge in [-0.1, -0.05) is 124 Å². The second-order valence-electron chi connectivity index (χ2n) is 21.2. The van der Waals surface area contributed by atoms with Crippen molar-refractivity contribution in [3.63, 3.8) is 0 Å². The van der Waals surface area contributed by atoms with E-state index in [0.717, 1.165) is 34.1 Å². The zero-order valence-corrected chi connectivity index (χ0v) is 53.6. The molecular weight excluding hydrogens is 1230 g/mol. The van der Waals surface area contributed by atoms with Gasteiger partial charge in [0.2, 0.25) is 17.7 Å². The maximum atomic E-state index is 14.1. The molecule has 6 rings (SSSR count). The minimum atomic E-state index is -1.51. The van der Waals surface area contributed by atoms with Crippen molar-refractivity contribution in [2.75, 3.05) is 95.6 Å². The van der Waals surface area contributed by atoms with E-state index in [1.807, 2.05) is 78.9 Å². The van der Waals surface area contributed by atoms with Crippen molar-refractivity contribution in [3.8, 4) is 28.6 Å². The van der Waals surface area contributed by atoms with E-state index in [0.29, 0.717) is 78.6 Å². The Hall–Kier alpha value is -6.07. The van der Waals surface area contributed by atoms with Gasteiger partial charge in [0, 0.05) is 62.3 Å². The third kappa shape index (κ3) is 22.7. The number of ether oxygens (including phenoxy) is 8. The van der Waals surface area contributed by atoms with Crippen molar-refractivity contribution in [1.29, 1.82) is 5.26 Å². The van der Waals surface area contributed by atoms with Crippen LogP contribution >= 0.6 is 45.6 Å². The van der Waals surface area contributed by atoms with Crippen molar-refractivity contribution < 1.29 is 82.0 Å². The van der Waals surface area contributed by atoms with E-state index in [4.69, 9.17) is 50.1 Å². The monoisotopic (exact) mass is 1310 g/mol. The number of aliphatic hydroxyl groups is 3. The lowest BCUT2D eigenvalue weighted by Crippen LogP contribution is -2.64. The summed E-state index contributed by atoms with van der Waals surface area (Å²) >= 11 is 6.87. The summed E-state index contributed by atoms with van der Waals surface area (Å²) in [6, 6.07) is 25.6. The number of rotatable bonds is 37. The SMILES string of the molecule is CC(=O)NC1C(OCCNC(=O)C(C)(CC(C)(C#N)CCC(=O)OCCOCCOCCOCCn2nnc3c2-c2ccccc2CN(C(=O)CCCC(=O)OCCSSCCOC(C)=O)c2ccccc2-3)SC(=S)c2ccccc2)OC(CO)C(O)C1O. The average Bonchev–Trinajstić information content (AvgIpc) is 1.74. The third-order valence-corrected chi connectivity index (χ3v) is 18.2. The second kappa shape index (κ2) is 37.3. The van der Waals surface area contributed by atoms with E-state index in [-0.39, 0.29) is 96.1 Å². The summed E-state index contributed by atoms with van der Waals surface area (Å²) < 4.78 is 45.3. The lowest BCUT2D eigenvalue weighted by Gasteiger charge is -2.42. The molecule has 28 heteroatoms. The highest BCUT2D eigenvalue weighted by Gasteiger charge is 2.46. The van der Waals surface area contributed by atoms with Gasteiger partial charge in [-0.25, -0.2) is 4.68 Å². The molecule has 7 atom stereocenters. The molecule has 1 fully saturated rings. The number of hydrogen-bond donors (Lipinski definition) is 5. The molecule has 89 heavy (non-hydrogen) atoms. The first-order chi connectivity index (χ1) is 42.9. The van der Waals surface area contributed by atoms with Crippen LogP contribution in [0.4, 0.5) is 5.69 Å². The number of nitrogens with one attached hydrogen (secondary N) is 2. The van der Waals surface area contributed by atoms with Gasteiger partial charge < -0.3 is 68.7 Å². The largest absolute Gasteiger partial charge is 0.465 e. The van der Waals surface area contributed by atoms with Crippen LogP contribution in [0.25, 0.3) is 22.5 Å². The number of aromatic nitrogens is 3. The quantitative estimate of drug-likeness (QED) is 0.0125. The van der Waals surface area contributed by atoms with Crippen molar-refractivity contribution in [3.05, 3.63) is 90.0 Å². The van der Waals surface area contributed by atoms with E-state index in [9.17, 15) is 49.3 Å². The number of anilines is 1. The van der Waals surface area contributed by atoms with Crippen LogP contribution in [-0.2, 0) is 79.8 Å². The lowest BCUT2D eigenvalue weighted by atomic mass is 9.78. The number of carbonyl (C=O) groups is 6. The predicted molar refractivity (Wildman–Crippen MR) is 338 cm³/mol. The number of para-hydroxylation sites is 1. The van der Waals surface area contributed by atoms with Gasteiger partial charge in [0.05, 0.1) is 97.8 Å². The Kier molecular flexibility index (Phi) is 30.2. The summed E-state index contributed by atoms with van der Waals surface area (Å²) in [4.78, 5) is 78.0. The topological polar surface area (TPSA) is 319 Å². The maximum Gasteiger partial charge on any atom is 0.305 e. The van der Waals surface area contributed by atoms with E-state index < -0.39 is 65.2 Å². The number of aliphatic hydroxyl groups excluding tert-OH is 3. The number of benzene rings is 3. The first-order valence-corrected chi connectivity index (χ1v) is 32.9. The molecule has 3 amide bonds. The molecule has 3 heterocycles. The Morgan fingerprint density at radius 2 is 1.40 bits per heavy atom. The number of nitriles is 1. The fourth-order valence-electron chi connectivity index (χ4n) is 9.74. The fraction of sp³-hybridized carbons (Fsp3) is 0.541. The minimum Gasteiger partial charge on any atom is -0.465 e. The summed E-state index contributed by atoms with van der Waals surface area (Å²) in [6.45, 7) is 7.76. The second-order valence-corrected chi connectivity index (χ2v) is 26.1. The molecular formula is C61H79N7O17S4. The van der Waals surface area contributed by atoms with Crippen molar-refractivity contribution in [1.82, 2.24) is 25.6 Å². The molecule has 0 bridgehead atoms. The van der Waals surface area contributed by atoms with Gasteiger partial charge in [-0.05, 0) is 50.3 Å². The fourth-order valence-corrected chi connectivity index (χ4v) is 13.3. The molecule has 24 nitrogen and oxygen atoms in total. The number of carbonyl (C=O) groups excluding carboxylic acids is 6. The summed E-state index contributed by atoms with van der Waals surface area (Å²) in [5, 5.41) is 55.6. The van der Waals surface area contributed by atoms with E-state index >= 15 is 0 Å². The zero-order valence-electron chi connectivity index (χ0n) is 50.4. The Morgan fingerprint density at radius 3 is 2.09 bits per heavy atom. The third-order valence-electron chi connectivity index (χ3n) is 14.1. The molecule has 1 saturated heterocycles. The maximum absolute atomic E-state index is 14.1. The molecule has 0 radical (unpaired) electrons. The molecule has 7 unspecified atom stereocenters.